The van der Waals surface area contributed by atoms with E-state index in [4.69, 9.17) is 9.72 Å². The Labute approximate surface area is 225 Å². The number of pyridine rings is 2. The van der Waals surface area contributed by atoms with Crippen LogP contribution in [-0.4, -0.2) is 90.7 Å². The van der Waals surface area contributed by atoms with Crippen molar-refractivity contribution < 1.29 is 9.53 Å². The third-order valence-electron chi connectivity index (χ3n) is 7.79. The zero-order valence-corrected chi connectivity index (χ0v) is 22.6. The molecular weight excluding hydrogens is 500 g/mol. The van der Waals surface area contributed by atoms with Crippen molar-refractivity contribution in [2.75, 3.05) is 64.8 Å². The second-order valence-electron chi connectivity index (χ2n) is 10.2. The first-order valence-electron chi connectivity index (χ1n) is 13.5. The largest absolute Gasteiger partial charge is 0.379 e. The molecule has 5 heterocycles. The summed E-state index contributed by atoms with van der Waals surface area (Å²) in [6.07, 6.45) is 3.23. The fourth-order valence-corrected chi connectivity index (χ4v) is 6.82. The molecule has 1 amide bonds. The van der Waals surface area contributed by atoms with E-state index in [0.717, 1.165) is 69.0 Å². The molecule has 6 rings (SSSR count). The number of morpholine rings is 1. The van der Waals surface area contributed by atoms with Crippen LogP contribution in [0, 0.1) is 0 Å². The second-order valence-corrected chi connectivity index (χ2v) is 11.2. The van der Waals surface area contributed by atoms with Gasteiger partial charge in [0.25, 0.3) is 5.91 Å². The van der Waals surface area contributed by atoms with Gasteiger partial charge in [-0.05, 0) is 57.1 Å². The third-order valence-corrected chi connectivity index (χ3v) is 8.93. The molecule has 2 aliphatic heterocycles. The Morgan fingerprint density at radius 2 is 1.97 bits per heavy atom. The number of nitrogens with zero attached hydrogens (tertiary/aromatic N) is 4. The van der Waals surface area contributed by atoms with Crippen LogP contribution in [0.15, 0.2) is 41.2 Å². The van der Waals surface area contributed by atoms with Crippen LogP contribution in [0.25, 0.3) is 26.1 Å². The molecule has 200 valence electrons. The average molecular weight is 535 g/mol. The summed E-state index contributed by atoms with van der Waals surface area (Å²) in [5.41, 5.74) is 1.45. The zero-order chi connectivity index (χ0) is 26.1. The van der Waals surface area contributed by atoms with Crippen molar-refractivity contribution in [2.24, 2.45) is 0 Å². The van der Waals surface area contributed by atoms with Crippen molar-refractivity contribution in [3.63, 3.8) is 0 Å². The van der Waals surface area contributed by atoms with E-state index in [9.17, 15) is 9.59 Å². The highest BCUT2D eigenvalue weighted by atomic mass is 32.1. The SMILES string of the molecule is CN1CCCC1CCNC(=O)c1c(=O)c2ccc(NCCN3CCOCC3)nc2n2c1sc1ccccc12. The van der Waals surface area contributed by atoms with Gasteiger partial charge in [0.2, 0.25) is 5.43 Å². The third kappa shape index (κ3) is 4.89. The van der Waals surface area contributed by atoms with E-state index in [2.05, 4.69) is 27.5 Å². The van der Waals surface area contributed by atoms with E-state index in [0.29, 0.717) is 34.3 Å². The number of amides is 1. The number of ether oxygens (including phenoxy) is 1. The minimum atomic E-state index is -0.311. The fraction of sp³-hybridized carbons (Fsp3) is 0.464. The van der Waals surface area contributed by atoms with Crippen molar-refractivity contribution in [1.29, 1.82) is 0 Å². The number of hydrogen-bond acceptors (Lipinski definition) is 8. The number of likely N-dealkylation sites (tertiary alicyclic amines) is 1. The number of rotatable bonds is 8. The lowest BCUT2D eigenvalue weighted by atomic mass is 10.1. The van der Waals surface area contributed by atoms with E-state index in [1.54, 1.807) is 6.07 Å². The van der Waals surface area contributed by atoms with Gasteiger partial charge in [-0.1, -0.05) is 12.1 Å². The van der Waals surface area contributed by atoms with Crippen LogP contribution in [0.3, 0.4) is 0 Å². The molecule has 4 aromatic rings. The second kappa shape index (κ2) is 11.0. The number of benzene rings is 1. The summed E-state index contributed by atoms with van der Waals surface area (Å²) >= 11 is 1.46. The Balaban J connectivity index is 1.32. The first-order chi connectivity index (χ1) is 18.6. The molecule has 2 fully saturated rings. The van der Waals surface area contributed by atoms with Crippen LogP contribution in [0.2, 0.25) is 0 Å². The van der Waals surface area contributed by atoms with Gasteiger partial charge < -0.3 is 20.3 Å². The maximum Gasteiger partial charge on any atom is 0.258 e. The average Bonchev–Trinajstić information content (AvgIpc) is 3.52. The lowest BCUT2D eigenvalue weighted by Crippen LogP contribution is -2.39. The first-order valence-corrected chi connectivity index (χ1v) is 14.3. The number of carbonyl (C=O) groups excluding carboxylic acids is 1. The van der Waals surface area contributed by atoms with Gasteiger partial charge >= 0.3 is 0 Å². The van der Waals surface area contributed by atoms with Gasteiger partial charge in [-0.25, -0.2) is 4.98 Å². The van der Waals surface area contributed by atoms with Gasteiger partial charge in [-0.3, -0.25) is 18.9 Å². The number of nitrogens with one attached hydrogen (secondary N) is 2. The van der Waals surface area contributed by atoms with Gasteiger partial charge in [-0.15, -0.1) is 11.3 Å². The summed E-state index contributed by atoms with van der Waals surface area (Å²) in [6, 6.07) is 12.1. The predicted octanol–water partition coefficient (Wildman–Crippen LogP) is 3.02. The molecule has 0 aliphatic carbocycles. The number of hydrogen-bond donors (Lipinski definition) is 2. The fourth-order valence-electron chi connectivity index (χ4n) is 5.64. The standard InChI is InChI=1S/C28H34N6O3S/c1-32-13-4-5-19(32)10-11-30-27(36)24-25(35)20-8-9-23(29-12-14-33-15-17-37-18-16-33)31-26(20)34-21-6-2-3-7-22(21)38-28(24)34/h2-3,6-9,19H,4-5,10-18H2,1H3,(H,29,31)(H,30,36). The monoisotopic (exact) mass is 534 g/mol. The maximum absolute atomic E-state index is 13.7. The molecule has 9 nitrogen and oxygen atoms in total. The van der Waals surface area contributed by atoms with Crippen LogP contribution in [-0.2, 0) is 4.74 Å². The van der Waals surface area contributed by atoms with Crippen LogP contribution >= 0.6 is 11.3 Å². The van der Waals surface area contributed by atoms with Gasteiger partial charge in [0.1, 0.15) is 16.2 Å². The smallest absolute Gasteiger partial charge is 0.258 e. The normalized spacial score (nSPS) is 19.0. The summed E-state index contributed by atoms with van der Waals surface area (Å²) in [7, 11) is 2.13. The minimum Gasteiger partial charge on any atom is -0.379 e. The molecule has 2 N–H and O–H groups in total. The minimum absolute atomic E-state index is 0.202. The number of fused-ring (bicyclic) bond motifs is 5. The van der Waals surface area contributed by atoms with Crippen molar-refractivity contribution in [3.8, 4) is 0 Å². The van der Waals surface area contributed by atoms with Crippen LogP contribution < -0.4 is 16.1 Å². The Morgan fingerprint density at radius 3 is 2.79 bits per heavy atom. The summed E-state index contributed by atoms with van der Waals surface area (Å²) in [4.78, 5) is 37.4. The highest BCUT2D eigenvalue weighted by molar-refractivity contribution is 7.24. The Kier molecular flexibility index (Phi) is 7.29. The molecule has 2 aliphatic rings. The molecule has 0 radical (unpaired) electrons. The maximum atomic E-state index is 13.7. The van der Waals surface area contributed by atoms with Crippen LogP contribution in [0.4, 0.5) is 5.82 Å². The molecule has 3 aromatic heterocycles. The zero-order valence-electron chi connectivity index (χ0n) is 21.7. The molecule has 38 heavy (non-hydrogen) atoms. The molecule has 0 spiro atoms. The molecule has 1 unspecified atom stereocenters. The summed E-state index contributed by atoms with van der Waals surface area (Å²) in [5.74, 6) is 0.404. The topological polar surface area (TPSA) is 91.2 Å². The van der Waals surface area contributed by atoms with E-state index < -0.39 is 0 Å². The number of carbonyl (C=O) groups is 1. The van der Waals surface area contributed by atoms with Crippen molar-refractivity contribution in [3.05, 3.63) is 52.2 Å². The highest BCUT2D eigenvalue weighted by Crippen LogP contribution is 2.31. The molecular formula is C28H34N6O3S. The van der Waals surface area contributed by atoms with Crippen molar-refractivity contribution >= 4 is 49.1 Å². The molecule has 0 saturated carbocycles. The molecule has 2 saturated heterocycles. The van der Waals surface area contributed by atoms with Gasteiger partial charge in [0, 0.05) is 38.8 Å². The Bertz CT molecular complexity index is 1530. The van der Waals surface area contributed by atoms with E-state index >= 15 is 0 Å². The number of para-hydroxylation sites is 1. The summed E-state index contributed by atoms with van der Waals surface area (Å²) < 4.78 is 8.41. The molecule has 1 aromatic carbocycles. The van der Waals surface area contributed by atoms with E-state index in [1.165, 1.54) is 17.8 Å². The number of thiazole rings is 1. The van der Waals surface area contributed by atoms with Crippen molar-refractivity contribution in [1.82, 2.24) is 24.5 Å². The lowest BCUT2D eigenvalue weighted by molar-refractivity contribution is 0.0398. The lowest BCUT2D eigenvalue weighted by Gasteiger charge is -2.26. The number of anilines is 1. The van der Waals surface area contributed by atoms with E-state index in [-0.39, 0.29) is 16.9 Å². The summed E-state index contributed by atoms with van der Waals surface area (Å²) in [5, 5.41) is 6.90. The van der Waals surface area contributed by atoms with E-state index in [1.807, 2.05) is 34.7 Å². The van der Waals surface area contributed by atoms with Gasteiger partial charge in [0.15, 0.2) is 5.65 Å². The predicted molar refractivity (Wildman–Crippen MR) is 153 cm³/mol. The highest BCUT2D eigenvalue weighted by Gasteiger charge is 2.24. The van der Waals surface area contributed by atoms with Gasteiger partial charge in [0.05, 0.1) is 28.8 Å². The number of aromatic nitrogens is 2. The Morgan fingerprint density at radius 1 is 1.13 bits per heavy atom. The van der Waals surface area contributed by atoms with Crippen molar-refractivity contribution in [2.45, 2.75) is 25.3 Å². The molecule has 0 bridgehead atoms. The first kappa shape index (κ1) is 25.2. The van der Waals surface area contributed by atoms with Crippen LogP contribution in [0.5, 0.6) is 0 Å². The summed E-state index contributed by atoms with van der Waals surface area (Å²) in [6.45, 7) is 6.71. The molecule has 1 atom stereocenters. The van der Waals surface area contributed by atoms with Gasteiger partial charge in [-0.2, -0.15) is 0 Å². The van der Waals surface area contributed by atoms with Crippen LogP contribution in [0.1, 0.15) is 29.6 Å². The quantitative estimate of drug-likeness (QED) is 0.359. The molecule has 10 heteroatoms. The Hall–Kier alpha value is -3.05.